The van der Waals surface area contributed by atoms with Crippen LogP contribution in [0.2, 0.25) is 0 Å². The van der Waals surface area contributed by atoms with Crippen LogP contribution in [0.25, 0.3) is 0 Å². The molecule has 0 aromatic heterocycles. The van der Waals surface area contributed by atoms with Crippen LogP contribution in [-0.4, -0.2) is 54.7 Å². The fourth-order valence-corrected chi connectivity index (χ4v) is 2.67. The minimum atomic E-state index is -0.533. The molecule has 2 aliphatic rings. The molecule has 0 spiro atoms. The van der Waals surface area contributed by atoms with Gasteiger partial charge in [0, 0.05) is 19.6 Å². The van der Waals surface area contributed by atoms with Gasteiger partial charge in [-0.1, -0.05) is 0 Å². The number of nitrogens with zero attached hydrogens (tertiary/aromatic N) is 1. The lowest BCUT2D eigenvalue weighted by molar-refractivity contribution is -0.123. The van der Waals surface area contributed by atoms with E-state index >= 15 is 0 Å². The number of rotatable bonds is 6. The van der Waals surface area contributed by atoms with Crippen molar-refractivity contribution in [2.45, 2.75) is 57.3 Å². The van der Waals surface area contributed by atoms with E-state index in [1.165, 1.54) is 0 Å². The molecule has 2 fully saturated rings. The monoisotopic (exact) mass is 341 g/mol. The number of hydrogen-bond acceptors (Lipinski definition) is 4. The molecule has 2 atom stereocenters. The first-order valence-corrected chi connectivity index (χ1v) is 7.44. The van der Waals surface area contributed by atoms with Crippen molar-refractivity contribution in [1.29, 1.82) is 0 Å². The summed E-state index contributed by atoms with van der Waals surface area (Å²) in [6.45, 7) is 8.11. The summed E-state index contributed by atoms with van der Waals surface area (Å²) in [5.41, 5.74) is 5.29. The van der Waals surface area contributed by atoms with Crippen molar-refractivity contribution >= 4 is 30.7 Å². The van der Waals surface area contributed by atoms with Crippen LogP contribution in [-0.2, 0) is 9.53 Å². The van der Waals surface area contributed by atoms with Crippen LogP contribution in [0.4, 0.5) is 0 Å². The number of carbonyl (C=O) groups excluding carboxylic acids is 1. The van der Waals surface area contributed by atoms with Crippen LogP contribution < -0.4 is 11.1 Å². The Balaban J connectivity index is 0.00000200. The maximum atomic E-state index is 11.6. The number of hydrogen-bond donors (Lipinski definition) is 2. The Morgan fingerprint density at radius 3 is 2.33 bits per heavy atom. The van der Waals surface area contributed by atoms with Crippen molar-refractivity contribution in [2.75, 3.05) is 26.2 Å². The summed E-state index contributed by atoms with van der Waals surface area (Å²) in [5.74, 6) is 0.0288. The predicted octanol–water partition coefficient (Wildman–Crippen LogP) is 1.33. The number of amides is 1. The average Bonchev–Trinajstić information content (AvgIpc) is 3.07. The lowest BCUT2D eigenvalue weighted by atomic mass is 10.2. The van der Waals surface area contributed by atoms with E-state index in [-0.39, 0.29) is 30.7 Å². The highest BCUT2D eigenvalue weighted by Crippen LogP contribution is 2.31. The van der Waals surface area contributed by atoms with E-state index in [0.717, 1.165) is 51.9 Å². The number of nitrogens with two attached hydrogens (primary N) is 1. The predicted molar refractivity (Wildman–Crippen MR) is 89.3 cm³/mol. The third-order valence-corrected chi connectivity index (χ3v) is 3.92. The molecule has 5 nitrogen and oxygen atoms in total. The van der Waals surface area contributed by atoms with Gasteiger partial charge in [-0.05, 0) is 46.1 Å². The first-order valence-electron chi connectivity index (χ1n) is 7.44. The van der Waals surface area contributed by atoms with Crippen LogP contribution in [0.5, 0.6) is 0 Å². The molecule has 1 aliphatic heterocycles. The van der Waals surface area contributed by atoms with E-state index in [1.54, 1.807) is 0 Å². The molecule has 2 unspecified atom stereocenters. The molecule has 0 aromatic rings. The number of morpholine rings is 1. The highest BCUT2D eigenvalue weighted by Gasteiger charge is 2.45. The van der Waals surface area contributed by atoms with Crippen molar-refractivity contribution in [2.24, 2.45) is 5.73 Å². The molecule has 1 saturated heterocycles. The summed E-state index contributed by atoms with van der Waals surface area (Å²) in [7, 11) is 0. The average molecular weight is 342 g/mol. The van der Waals surface area contributed by atoms with Gasteiger partial charge in [0.05, 0.1) is 17.7 Å². The van der Waals surface area contributed by atoms with Gasteiger partial charge in [0.2, 0.25) is 5.91 Å². The maximum Gasteiger partial charge on any atom is 0.240 e. The molecule has 0 aromatic carbocycles. The van der Waals surface area contributed by atoms with Crippen LogP contribution in [0.15, 0.2) is 0 Å². The van der Waals surface area contributed by atoms with E-state index in [0.29, 0.717) is 12.2 Å². The van der Waals surface area contributed by atoms with Gasteiger partial charge in [-0.2, -0.15) is 0 Å². The molecular formula is C14H29Cl2N3O2. The minimum absolute atomic E-state index is 0. The minimum Gasteiger partial charge on any atom is -0.373 e. The molecule has 1 saturated carbocycles. The van der Waals surface area contributed by atoms with Gasteiger partial charge in [-0.25, -0.2) is 0 Å². The van der Waals surface area contributed by atoms with Crippen molar-refractivity contribution in [3.63, 3.8) is 0 Å². The van der Waals surface area contributed by atoms with Crippen molar-refractivity contribution in [3.05, 3.63) is 0 Å². The Morgan fingerprint density at radius 2 is 1.81 bits per heavy atom. The van der Waals surface area contributed by atoms with Gasteiger partial charge in [-0.3, -0.25) is 9.69 Å². The molecule has 2 rings (SSSR count). The Kier molecular flexibility index (Phi) is 9.12. The van der Waals surface area contributed by atoms with Gasteiger partial charge >= 0.3 is 0 Å². The summed E-state index contributed by atoms with van der Waals surface area (Å²) in [5, 5.41) is 2.93. The first kappa shape index (κ1) is 20.9. The molecule has 7 heteroatoms. The number of nitrogens with one attached hydrogen (secondary N) is 1. The molecule has 1 heterocycles. The fourth-order valence-electron chi connectivity index (χ4n) is 2.67. The second-order valence-corrected chi connectivity index (χ2v) is 6.14. The van der Waals surface area contributed by atoms with Gasteiger partial charge in [0.15, 0.2) is 0 Å². The molecule has 126 valence electrons. The smallest absolute Gasteiger partial charge is 0.240 e. The summed E-state index contributed by atoms with van der Waals surface area (Å²) in [4.78, 5) is 14.1. The SMILES string of the molecule is CC1CN(CCCCNC(=O)C2(N)CC2)CC(C)O1.Cl.Cl. The van der Waals surface area contributed by atoms with E-state index < -0.39 is 5.54 Å². The lowest BCUT2D eigenvalue weighted by Crippen LogP contribution is -2.46. The quantitative estimate of drug-likeness (QED) is 0.715. The Morgan fingerprint density at radius 1 is 1.24 bits per heavy atom. The zero-order valence-corrected chi connectivity index (χ0v) is 14.6. The normalized spacial score (nSPS) is 27.2. The van der Waals surface area contributed by atoms with Gasteiger partial charge in [0.25, 0.3) is 0 Å². The van der Waals surface area contributed by atoms with Crippen LogP contribution in [0.3, 0.4) is 0 Å². The Labute approximate surface area is 140 Å². The van der Waals surface area contributed by atoms with Gasteiger partial charge in [0.1, 0.15) is 0 Å². The number of carbonyl (C=O) groups is 1. The zero-order valence-electron chi connectivity index (χ0n) is 13.0. The standard InChI is InChI=1S/C14H27N3O2.2ClH/c1-11-9-17(10-12(2)19-11)8-4-3-7-16-13(18)14(15)5-6-14;;/h11-12H,3-10,15H2,1-2H3,(H,16,18);2*1H. The van der Waals surface area contributed by atoms with Gasteiger partial charge in [-0.15, -0.1) is 24.8 Å². The largest absolute Gasteiger partial charge is 0.373 e. The maximum absolute atomic E-state index is 11.6. The molecule has 3 N–H and O–H groups in total. The second kappa shape index (κ2) is 9.16. The Bertz CT molecular complexity index is 317. The van der Waals surface area contributed by atoms with Gasteiger partial charge < -0.3 is 15.8 Å². The second-order valence-electron chi connectivity index (χ2n) is 6.14. The molecule has 1 amide bonds. The molecule has 0 radical (unpaired) electrons. The van der Waals surface area contributed by atoms with E-state index in [9.17, 15) is 4.79 Å². The first-order chi connectivity index (χ1) is 8.99. The molecule has 21 heavy (non-hydrogen) atoms. The highest BCUT2D eigenvalue weighted by atomic mass is 35.5. The topological polar surface area (TPSA) is 67.6 Å². The van der Waals surface area contributed by atoms with Crippen LogP contribution in [0, 0.1) is 0 Å². The molecular weight excluding hydrogens is 313 g/mol. The fraction of sp³-hybridized carbons (Fsp3) is 0.929. The third kappa shape index (κ3) is 6.70. The summed E-state index contributed by atoms with van der Waals surface area (Å²) >= 11 is 0. The van der Waals surface area contributed by atoms with E-state index in [1.807, 2.05) is 0 Å². The zero-order chi connectivity index (χ0) is 13.9. The Hall–Kier alpha value is -0.0700. The van der Waals surface area contributed by atoms with Crippen molar-refractivity contribution < 1.29 is 9.53 Å². The highest BCUT2D eigenvalue weighted by molar-refractivity contribution is 5.88. The lowest BCUT2D eigenvalue weighted by Gasteiger charge is -2.35. The van der Waals surface area contributed by atoms with Crippen molar-refractivity contribution in [1.82, 2.24) is 10.2 Å². The summed E-state index contributed by atoms with van der Waals surface area (Å²) < 4.78 is 5.71. The van der Waals surface area contributed by atoms with E-state index in [2.05, 4.69) is 24.1 Å². The molecule has 0 bridgehead atoms. The van der Waals surface area contributed by atoms with Crippen molar-refractivity contribution in [3.8, 4) is 0 Å². The van der Waals surface area contributed by atoms with Crippen LogP contribution >= 0.6 is 24.8 Å². The van der Waals surface area contributed by atoms with Crippen LogP contribution in [0.1, 0.15) is 39.5 Å². The third-order valence-electron chi connectivity index (χ3n) is 3.92. The number of unbranched alkanes of at least 4 members (excludes halogenated alkanes) is 1. The number of halogens is 2. The summed E-state index contributed by atoms with van der Waals surface area (Å²) in [6.07, 6.45) is 4.45. The number of ether oxygens (including phenoxy) is 1. The summed E-state index contributed by atoms with van der Waals surface area (Å²) in [6, 6.07) is 0. The molecule has 1 aliphatic carbocycles. The van der Waals surface area contributed by atoms with E-state index in [4.69, 9.17) is 10.5 Å².